The Balaban J connectivity index is 1.47. The molecule has 1 amide bonds. The van der Waals surface area contributed by atoms with Crippen molar-refractivity contribution >= 4 is 29.1 Å². The molecule has 0 aliphatic carbocycles. The smallest absolute Gasteiger partial charge is 0.280 e. The minimum atomic E-state index is -0.248. The van der Waals surface area contributed by atoms with Gasteiger partial charge in [0, 0.05) is 38.1 Å². The number of nitrogens with one attached hydrogen (secondary N) is 1. The molecule has 0 saturated carbocycles. The lowest BCUT2D eigenvalue weighted by molar-refractivity contribution is 0.0949. The number of anilines is 2. The highest BCUT2D eigenvalue weighted by Gasteiger charge is 2.18. The molecular formula is C20H23N7O2S. The lowest BCUT2D eigenvalue weighted by atomic mass is 10.2. The number of hydrogen-bond acceptors (Lipinski definition) is 9. The fraction of sp³-hybridized carbons (Fsp3) is 0.350. The van der Waals surface area contributed by atoms with E-state index in [0.29, 0.717) is 35.9 Å². The summed E-state index contributed by atoms with van der Waals surface area (Å²) in [4.78, 5) is 34.5. The van der Waals surface area contributed by atoms with Crippen LogP contribution in [0.3, 0.4) is 0 Å². The number of ether oxygens (including phenoxy) is 1. The van der Waals surface area contributed by atoms with Gasteiger partial charge in [0.15, 0.2) is 10.8 Å². The van der Waals surface area contributed by atoms with E-state index in [0.717, 1.165) is 24.3 Å². The molecule has 2 aromatic heterocycles. The third-order valence-corrected chi connectivity index (χ3v) is 5.37. The zero-order chi connectivity index (χ0) is 20.9. The van der Waals surface area contributed by atoms with Gasteiger partial charge in [-0.25, -0.2) is 4.98 Å². The third kappa shape index (κ3) is 4.71. The first kappa shape index (κ1) is 20.2. The second kappa shape index (κ2) is 9.14. The van der Waals surface area contributed by atoms with Crippen molar-refractivity contribution in [2.45, 2.75) is 6.54 Å². The van der Waals surface area contributed by atoms with E-state index < -0.39 is 0 Å². The van der Waals surface area contributed by atoms with Crippen molar-refractivity contribution in [3.05, 3.63) is 46.5 Å². The first-order valence-corrected chi connectivity index (χ1v) is 10.5. The summed E-state index contributed by atoms with van der Waals surface area (Å²) in [6.07, 6.45) is 0. The average Bonchev–Trinajstić information content (AvgIpc) is 3.29. The number of thiazole rings is 1. The predicted molar refractivity (Wildman–Crippen MR) is 116 cm³/mol. The number of nitrogens with zero attached hydrogens (tertiary/aromatic N) is 6. The predicted octanol–water partition coefficient (Wildman–Crippen LogP) is 1.83. The molecule has 3 heterocycles. The van der Waals surface area contributed by atoms with Gasteiger partial charge in [-0.15, -0.1) is 11.3 Å². The maximum atomic E-state index is 12.6. The van der Waals surface area contributed by atoms with Crippen LogP contribution in [0.25, 0.3) is 11.3 Å². The molecule has 1 aliphatic rings. The Morgan fingerprint density at radius 3 is 2.63 bits per heavy atom. The summed E-state index contributed by atoms with van der Waals surface area (Å²) < 4.78 is 5.40. The van der Waals surface area contributed by atoms with Crippen LogP contribution in [0.15, 0.2) is 35.7 Å². The van der Waals surface area contributed by atoms with Crippen molar-refractivity contribution in [1.29, 1.82) is 0 Å². The minimum Gasteiger partial charge on any atom is -0.378 e. The molecule has 1 aliphatic heterocycles. The van der Waals surface area contributed by atoms with Gasteiger partial charge in [0.05, 0.1) is 25.5 Å². The summed E-state index contributed by atoms with van der Waals surface area (Å²) in [6.45, 7) is 2.93. The van der Waals surface area contributed by atoms with Crippen LogP contribution in [0.4, 0.5) is 11.9 Å². The molecule has 1 N–H and O–H groups in total. The molecule has 0 radical (unpaired) electrons. The number of rotatable bonds is 6. The van der Waals surface area contributed by atoms with Crippen LogP contribution >= 0.6 is 11.3 Å². The third-order valence-electron chi connectivity index (χ3n) is 4.53. The molecule has 156 valence electrons. The average molecular weight is 426 g/mol. The van der Waals surface area contributed by atoms with Gasteiger partial charge < -0.3 is 19.9 Å². The van der Waals surface area contributed by atoms with E-state index in [4.69, 9.17) is 4.74 Å². The summed E-state index contributed by atoms with van der Waals surface area (Å²) in [5.74, 6) is 1.41. The quantitative estimate of drug-likeness (QED) is 0.639. The first-order valence-electron chi connectivity index (χ1n) is 9.64. The Labute approximate surface area is 178 Å². The van der Waals surface area contributed by atoms with Gasteiger partial charge in [0.1, 0.15) is 0 Å². The topological polar surface area (TPSA) is 96.4 Å². The van der Waals surface area contributed by atoms with E-state index in [9.17, 15) is 4.79 Å². The molecular weight excluding hydrogens is 402 g/mol. The number of morpholine rings is 1. The van der Waals surface area contributed by atoms with Crippen LogP contribution < -0.4 is 15.1 Å². The van der Waals surface area contributed by atoms with E-state index in [1.165, 1.54) is 11.3 Å². The molecule has 9 nitrogen and oxygen atoms in total. The number of aromatic nitrogens is 4. The van der Waals surface area contributed by atoms with Gasteiger partial charge in [0.2, 0.25) is 11.9 Å². The van der Waals surface area contributed by atoms with Crippen LogP contribution in [0.2, 0.25) is 0 Å². The Bertz CT molecular complexity index is 1000. The largest absolute Gasteiger partial charge is 0.378 e. The SMILES string of the molecule is CN(C)c1nc(CNC(=O)c2nc(-c3ccccc3)cs2)nc(N2CCOCC2)n1. The summed E-state index contributed by atoms with van der Waals surface area (Å²) >= 11 is 1.31. The highest BCUT2D eigenvalue weighted by atomic mass is 32.1. The summed E-state index contributed by atoms with van der Waals surface area (Å²) in [5.41, 5.74) is 1.77. The van der Waals surface area contributed by atoms with E-state index in [-0.39, 0.29) is 12.5 Å². The maximum Gasteiger partial charge on any atom is 0.280 e. The number of amides is 1. The Kier molecular flexibility index (Phi) is 6.15. The van der Waals surface area contributed by atoms with Gasteiger partial charge in [0.25, 0.3) is 5.91 Å². The van der Waals surface area contributed by atoms with E-state index in [1.54, 1.807) is 0 Å². The fourth-order valence-corrected chi connectivity index (χ4v) is 3.68. The summed E-state index contributed by atoms with van der Waals surface area (Å²) in [6, 6.07) is 9.79. The highest BCUT2D eigenvalue weighted by molar-refractivity contribution is 7.12. The molecule has 3 aromatic rings. The van der Waals surface area contributed by atoms with Crippen LogP contribution in [-0.4, -0.2) is 66.2 Å². The second-order valence-electron chi connectivity index (χ2n) is 6.93. The van der Waals surface area contributed by atoms with Crippen LogP contribution in [-0.2, 0) is 11.3 Å². The van der Waals surface area contributed by atoms with Gasteiger partial charge in [-0.3, -0.25) is 4.79 Å². The number of carbonyl (C=O) groups is 1. The van der Waals surface area contributed by atoms with Crippen LogP contribution in [0, 0.1) is 0 Å². The number of hydrogen-bond donors (Lipinski definition) is 1. The van der Waals surface area contributed by atoms with Crippen LogP contribution in [0.1, 0.15) is 15.6 Å². The van der Waals surface area contributed by atoms with Gasteiger partial charge in [-0.1, -0.05) is 30.3 Å². The summed E-state index contributed by atoms with van der Waals surface area (Å²) in [5, 5.41) is 5.16. The molecule has 1 saturated heterocycles. The van der Waals surface area contributed by atoms with Crippen molar-refractivity contribution in [3.8, 4) is 11.3 Å². The van der Waals surface area contributed by atoms with Crippen molar-refractivity contribution in [2.24, 2.45) is 0 Å². The molecule has 30 heavy (non-hydrogen) atoms. The number of benzene rings is 1. The first-order chi connectivity index (χ1) is 14.6. The van der Waals surface area contributed by atoms with E-state index >= 15 is 0 Å². The normalized spacial score (nSPS) is 13.9. The van der Waals surface area contributed by atoms with Crippen molar-refractivity contribution in [3.63, 3.8) is 0 Å². The van der Waals surface area contributed by atoms with E-state index in [1.807, 2.05) is 54.7 Å². The summed E-state index contributed by atoms with van der Waals surface area (Å²) in [7, 11) is 3.75. The van der Waals surface area contributed by atoms with Gasteiger partial charge in [-0.05, 0) is 0 Å². The Morgan fingerprint density at radius 2 is 1.90 bits per heavy atom. The molecule has 10 heteroatoms. The maximum absolute atomic E-state index is 12.6. The van der Waals surface area contributed by atoms with Crippen molar-refractivity contribution in [1.82, 2.24) is 25.3 Å². The van der Waals surface area contributed by atoms with Crippen LogP contribution in [0.5, 0.6) is 0 Å². The lowest BCUT2D eigenvalue weighted by Gasteiger charge is -2.27. The molecule has 1 fully saturated rings. The highest BCUT2D eigenvalue weighted by Crippen LogP contribution is 2.21. The standard InChI is InChI=1S/C20H23N7O2S/c1-26(2)19-23-16(24-20(25-19)27-8-10-29-11-9-27)12-21-17(28)18-22-15(13-30-18)14-6-4-3-5-7-14/h3-7,13H,8-12H2,1-2H3,(H,21,28). The molecule has 0 spiro atoms. The Hall–Kier alpha value is -3.11. The lowest BCUT2D eigenvalue weighted by Crippen LogP contribution is -2.38. The second-order valence-corrected chi connectivity index (χ2v) is 7.79. The molecule has 1 aromatic carbocycles. The Morgan fingerprint density at radius 1 is 1.13 bits per heavy atom. The van der Waals surface area contributed by atoms with Crippen molar-refractivity contribution < 1.29 is 9.53 Å². The fourth-order valence-electron chi connectivity index (χ4n) is 2.93. The molecule has 0 atom stereocenters. The zero-order valence-electron chi connectivity index (χ0n) is 16.9. The molecule has 0 bridgehead atoms. The monoisotopic (exact) mass is 425 g/mol. The molecule has 4 rings (SSSR count). The van der Waals surface area contributed by atoms with Gasteiger partial charge >= 0.3 is 0 Å². The van der Waals surface area contributed by atoms with E-state index in [2.05, 4.69) is 30.2 Å². The zero-order valence-corrected chi connectivity index (χ0v) is 17.7. The minimum absolute atomic E-state index is 0.194. The number of carbonyl (C=O) groups excluding carboxylic acids is 1. The molecule has 0 unspecified atom stereocenters. The van der Waals surface area contributed by atoms with Gasteiger partial charge in [-0.2, -0.15) is 15.0 Å². The van der Waals surface area contributed by atoms with Crippen molar-refractivity contribution in [2.75, 3.05) is 50.2 Å².